The second-order valence-electron chi connectivity index (χ2n) is 6.19. The molecule has 30 heavy (non-hydrogen) atoms. The number of amides is 1. The highest BCUT2D eigenvalue weighted by molar-refractivity contribution is 14.1. The van der Waals surface area contributed by atoms with E-state index in [1.165, 1.54) is 6.08 Å². The number of fused-ring (bicyclic) bond motifs is 1. The molecule has 150 valence electrons. The first-order chi connectivity index (χ1) is 14.6. The van der Waals surface area contributed by atoms with Gasteiger partial charge in [-0.3, -0.25) is 4.79 Å². The number of ether oxygens (including phenoxy) is 1. The van der Waals surface area contributed by atoms with E-state index in [0.717, 1.165) is 26.4 Å². The van der Waals surface area contributed by atoms with Crippen molar-refractivity contribution in [2.75, 3.05) is 21.3 Å². The molecule has 0 bridgehead atoms. The quantitative estimate of drug-likeness (QED) is 0.274. The lowest BCUT2D eigenvalue weighted by Gasteiger charge is -2.15. The van der Waals surface area contributed by atoms with Crippen molar-refractivity contribution in [2.45, 2.75) is 0 Å². The zero-order chi connectivity index (χ0) is 20.9. The molecule has 9 heteroatoms. The summed E-state index contributed by atoms with van der Waals surface area (Å²) < 4.78 is 6.28. The molecule has 3 aromatic rings. The number of carbonyl (C=O) groups excluding carboxylic acids is 1. The zero-order valence-electron chi connectivity index (χ0n) is 15.6. The van der Waals surface area contributed by atoms with Gasteiger partial charge >= 0.3 is 0 Å². The van der Waals surface area contributed by atoms with Gasteiger partial charge in [-0.2, -0.15) is 4.98 Å². The molecule has 1 aromatic heterocycles. The standard InChI is InChI=1S/C21H17IN6O2/c1-2-19(29)25-13-4-3-5-14(10-13)26-20-16(22)12-24-21(28-20)27-15-6-7-18-17(11-15)23-8-9-30-18/h2-12,23H,1H2,(H,25,29)(H2,24,26,27,28). The monoisotopic (exact) mass is 512 g/mol. The van der Waals surface area contributed by atoms with Crippen LogP contribution < -0.4 is 26.0 Å². The van der Waals surface area contributed by atoms with Crippen molar-refractivity contribution >= 4 is 63.0 Å². The maximum atomic E-state index is 11.5. The first kappa shape index (κ1) is 19.7. The van der Waals surface area contributed by atoms with E-state index in [-0.39, 0.29) is 5.91 Å². The molecule has 1 aliphatic heterocycles. The number of halogens is 1. The third kappa shape index (κ3) is 4.69. The van der Waals surface area contributed by atoms with Gasteiger partial charge < -0.3 is 26.0 Å². The van der Waals surface area contributed by atoms with E-state index in [2.05, 4.69) is 60.4 Å². The van der Waals surface area contributed by atoms with Crippen molar-refractivity contribution in [3.63, 3.8) is 0 Å². The van der Waals surface area contributed by atoms with Gasteiger partial charge in [-0.15, -0.1) is 0 Å². The Morgan fingerprint density at radius 2 is 1.97 bits per heavy atom. The lowest BCUT2D eigenvalue weighted by Crippen LogP contribution is -2.07. The number of nitrogens with zero attached hydrogens (tertiary/aromatic N) is 2. The maximum Gasteiger partial charge on any atom is 0.247 e. The molecule has 0 fully saturated rings. The Balaban J connectivity index is 1.52. The van der Waals surface area contributed by atoms with Crippen LogP contribution in [0.15, 0.2) is 73.8 Å². The lowest BCUT2D eigenvalue weighted by atomic mass is 10.2. The molecule has 0 atom stereocenters. The minimum Gasteiger partial charge on any atom is -0.461 e. The van der Waals surface area contributed by atoms with Gasteiger partial charge in [0, 0.05) is 29.5 Å². The van der Waals surface area contributed by atoms with E-state index >= 15 is 0 Å². The summed E-state index contributed by atoms with van der Waals surface area (Å²) in [6, 6.07) is 13.0. The van der Waals surface area contributed by atoms with Crippen molar-refractivity contribution in [2.24, 2.45) is 0 Å². The van der Waals surface area contributed by atoms with Crippen LogP contribution in [0.2, 0.25) is 0 Å². The van der Waals surface area contributed by atoms with Crippen LogP contribution >= 0.6 is 22.6 Å². The van der Waals surface area contributed by atoms with Crippen LogP contribution in [0.4, 0.5) is 34.5 Å². The number of anilines is 6. The highest BCUT2D eigenvalue weighted by Crippen LogP contribution is 2.31. The molecule has 2 heterocycles. The molecule has 0 saturated heterocycles. The van der Waals surface area contributed by atoms with Gasteiger partial charge in [-0.25, -0.2) is 4.98 Å². The van der Waals surface area contributed by atoms with Gasteiger partial charge in [-0.1, -0.05) is 12.6 Å². The summed E-state index contributed by atoms with van der Waals surface area (Å²) in [5.74, 6) is 1.57. The summed E-state index contributed by atoms with van der Waals surface area (Å²) in [6.07, 6.45) is 6.27. The summed E-state index contributed by atoms with van der Waals surface area (Å²) in [5.41, 5.74) is 3.11. The van der Waals surface area contributed by atoms with Gasteiger partial charge in [0.1, 0.15) is 17.8 Å². The minimum absolute atomic E-state index is 0.268. The Kier molecular flexibility index (Phi) is 5.80. The number of rotatable bonds is 6. The minimum atomic E-state index is -0.268. The highest BCUT2D eigenvalue weighted by atomic mass is 127. The smallest absolute Gasteiger partial charge is 0.247 e. The van der Waals surface area contributed by atoms with Crippen molar-refractivity contribution < 1.29 is 9.53 Å². The van der Waals surface area contributed by atoms with Crippen molar-refractivity contribution in [1.29, 1.82) is 0 Å². The van der Waals surface area contributed by atoms with Gasteiger partial charge in [0.25, 0.3) is 0 Å². The maximum absolute atomic E-state index is 11.5. The Labute approximate surface area is 186 Å². The fraction of sp³-hybridized carbons (Fsp3) is 0. The van der Waals surface area contributed by atoms with Crippen LogP contribution in [0.5, 0.6) is 5.75 Å². The van der Waals surface area contributed by atoms with Crippen LogP contribution in [0.1, 0.15) is 0 Å². The predicted molar refractivity (Wildman–Crippen MR) is 126 cm³/mol. The molecule has 4 N–H and O–H groups in total. The molecule has 0 unspecified atom stereocenters. The van der Waals surface area contributed by atoms with Gasteiger partial charge in [0.15, 0.2) is 0 Å². The van der Waals surface area contributed by atoms with Crippen LogP contribution in [0.3, 0.4) is 0 Å². The molecule has 2 aromatic carbocycles. The number of nitrogens with one attached hydrogen (secondary N) is 4. The average molecular weight is 512 g/mol. The summed E-state index contributed by atoms with van der Waals surface area (Å²) in [7, 11) is 0. The van der Waals surface area contributed by atoms with E-state index in [0.29, 0.717) is 17.5 Å². The van der Waals surface area contributed by atoms with Crippen molar-refractivity contribution in [3.05, 3.63) is 77.3 Å². The molecule has 1 aliphatic rings. The van der Waals surface area contributed by atoms with Gasteiger partial charge in [0.2, 0.25) is 11.9 Å². The molecule has 0 radical (unpaired) electrons. The average Bonchev–Trinajstić information content (AvgIpc) is 2.76. The fourth-order valence-corrected chi connectivity index (χ4v) is 3.10. The predicted octanol–water partition coefficient (Wildman–Crippen LogP) is 4.97. The Bertz CT molecular complexity index is 1150. The van der Waals surface area contributed by atoms with Crippen molar-refractivity contribution in [1.82, 2.24) is 9.97 Å². The molecule has 0 aliphatic carbocycles. The Morgan fingerprint density at radius 1 is 1.13 bits per heavy atom. The fourth-order valence-electron chi connectivity index (χ4n) is 2.70. The second-order valence-corrected chi connectivity index (χ2v) is 7.35. The summed E-state index contributed by atoms with van der Waals surface area (Å²) in [6.45, 7) is 3.46. The second kappa shape index (κ2) is 8.82. The first-order valence-corrected chi connectivity index (χ1v) is 10.0. The number of benzene rings is 2. The van der Waals surface area contributed by atoms with Crippen LogP contribution in [0.25, 0.3) is 0 Å². The largest absolute Gasteiger partial charge is 0.461 e. The molecular formula is C21H17IN6O2. The number of carbonyl (C=O) groups is 1. The molecule has 1 amide bonds. The number of aromatic nitrogens is 2. The lowest BCUT2D eigenvalue weighted by molar-refractivity contribution is -0.111. The highest BCUT2D eigenvalue weighted by Gasteiger charge is 2.10. The Morgan fingerprint density at radius 3 is 2.83 bits per heavy atom. The molecule has 0 saturated carbocycles. The van der Waals surface area contributed by atoms with Gasteiger partial charge in [0.05, 0.1) is 9.26 Å². The van der Waals surface area contributed by atoms with Gasteiger partial charge in [-0.05, 0) is 65.1 Å². The first-order valence-electron chi connectivity index (χ1n) is 8.93. The summed E-state index contributed by atoms with van der Waals surface area (Å²) >= 11 is 2.17. The van der Waals surface area contributed by atoms with E-state index in [4.69, 9.17) is 4.74 Å². The zero-order valence-corrected chi connectivity index (χ0v) is 17.8. The summed E-state index contributed by atoms with van der Waals surface area (Å²) in [5, 5.41) is 12.3. The third-order valence-electron chi connectivity index (χ3n) is 4.06. The third-order valence-corrected chi connectivity index (χ3v) is 4.85. The molecule has 0 spiro atoms. The SMILES string of the molecule is C=CC(=O)Nc1cccc(Nc2nc(Nc3ccc4c(c3)NC=CO4)ncc2I)c1. The van der Waals surface area contributed by atoms with E-state index < -0.39 is 0 Å². The number of hydrogen-bond donors (Lipinski definition) is 4. The van der Waals surface area contributed by atoms with E-state index in [1.807, 2.05) is 36.4 Å². The van der Waals surface area contributed by atoms with E-state index in [1.54, 1.807) is 24.7 Å². The normalized spacial score (nSPS) is 11.5. The molecular weight excluding hydrogens is 495 g/mol. The van der Waals surface area contributed by atoms with Crippen LogP contribution in [-0.2, 0) is 4.79 Å². The Hall–Kier alpha value is -3.60. The summed E-state index contributed by atoms with van der Waals surface area (Å²) in [4.78, 5) is 20.4. The van der Waals surface area contributed by atoms with Crippen molar-refractivity contribution in [3.8, 4) is 5.75 Å². The topological polar surface area (TPSA) is 100 Å². The van der Waals surface area contributed by atoms with E-state index in [9.17, 15) is 4.79 Å². The number of hydrogen-bond acceptors (Lipinski definition) is 7. The van der Waals surface area contributed by atoms with Crippen LogP contribution in [0, 0.1) is 3.57 Å². The molecule has 4 rings (SSSR count). The molecule has 8 nitrogen and oxygen atoms in total. The van der Waals surface area contributed by atoms with Crippen LogP contribution in [-0.4, -0.2) is 15.9 Å².